The zero-order chi connectivity index (χ0) is 30.8. The van der Waals surface area contributed by atoms with Gasteiger partial charge in [0.2, 0.25) is 0 Å². The van der Waals surface area contributed by atoms with E-state index in [4.69, 9.17) is 23.7 Å². The number of carbonyl (C=O) groups excluding carboxylic acids is 5. The summed E-state index contributed by atoms with van der Waals surface area (Å²) in [6.45, 7) is 16.8. The summed E-state index contributed by atoms with van der Waals surface area (Å²) >= 11 is 0. The van der Waals surface area contributed by atoms with Gasteiger partial charge < -0.3 is 23.7 Å². The van der Waals surface area contributed by atoms with Gasteiger partial charge in [-0.1, -0.05) is 41.5 Å². The van der Waals surface area contributed by atoms with Gasteiger partial charge in [0.1, 0.15) is 18.3 Å². The summed E-state index contributed by atoms with van der Waals surface area (Å²) in [6, 6.07) is 0. The third-order valence-electron chi connectivity index (χ3n) is 9.83. The molecule has 1 saturated heterocycles. The fourth-order valence-corrected chi connectivity index (χ4v) is 7.62. The van der Waals surface area contributed by atoms with E-state index in [-0.39, 0.29) is 23.5 Å². The second kappa shape index (κ2) is 10.5. The number of Topliss-reactive ketones (excluding diaryl/α,β-unsaturated/α-hetero) is 1. The Bertz CT molecular complexity index is 1170. The molecule has 0 radical (unpaired) electrons. The van der Waals surface area contributed by atoms with Crippen molar-refractivity contribution < 1.29 is 47.7 Å². The Balaban J connectivity index is 1.93. The maximum Gasteiger partial charge on any atom is 0.308 e. The summed E-state index contributed by atoms with van der Waals surface area (Å²) in [4.78, 5) is 64.6. The highest BCUT2D eigenvalue weighted by molar-refractivity contribution is 5.96. The Morgan fingerprint density at radius 2 is 1.51 bits per heavy atom. The van der Waals surface area contributed by atoms with Gasteiger partial charge in [-0.25, -0.2) is 0 Å². The number of esters is 4. The average molecular weight is 577 g/mol. The molecule has 4 aliphatic rings. The van der Waals surface area contributed by atoms with Gasteiger partial charge in [0.05, 0.1) is 11.8 Å². The van der Waals surface area contributed by atoms with E-state index >= 15 is 0 Å². The van der Waals surface area contributed by atoms with Crippen molar-refractivity contribution in [2.24, 2.45) is 35.0 Å². The molecular weight excluding hydrogens is 532 g/mol. The second-order valence-electron chi connectivity index (χ2n) is 13.2. The molecule has 4 rings (SSSR count). The quantitative estimate of drug-likeness (QED) is 0.199. The van der Waals surface area contributed by atoms with Gasteiger partial charge in [0.25, 0.3) is 0 Å². The zero-order valence-corrected chi connectivity index (χ0v) is 25.8. The molecule has 11 atom stereocenters. The molecule has 0 spiro atoms. The summed E-state index contributed by atoms with van der Waals surface area (Å²) in [5, 5.41) is 0. The molecular formula is C31H44O10. The fourth-order valence-electron chi connectivity index (χ4n) is 7.62. The lowest BCUT2D eigenvalue weighted by molar-refractivity contribution is -0.167. The number of carbonyl (C=O) groups is 5. The second-order valence-corrected chi connectivity index (χ2v) is 13.2. The lowest BCUT2D eigenvalue weighted by Gasteiger charge is -2.30. The van der Waals surface area contributed by atoms with Gasteiger partial charge in [-0.2, -0.15) is 0 Å². The minimum atomic E-state index is -1.31. The van der Waals surface area contributed by atoms with Crippen LogP contribution in [0.15, 0.2) is 11.6 Å². The number of rotatable bonds is 6. The lowest BCUT2D eigenvalue weighted by atomic mass is 9.80. The van der Waals surface area contributed by atoms with E-state index in [1.165, 1.54) is 20.8 Å². The van der Waals surface area contributed by atoms with E-state index in [1.807, 2.05) is 27.7 Å². The standard InChI is InChI=1S/C31H44O10/c1-11-14(2)28(36)40-24-17(5)26(35)30-13-16(4)27(39-20(8)34)31(30,41-30)12-15(3)23(37-18(6)32)25(38-19(7)33)22-21(24)29(22,9)10/h12,14,16-17,21-25,27H,11,13H2,1-10H3. The van der Waals surface area contributed by atoms with E-state index < -0.39 is 76.7 Å². The van der Waals surface area contributed by atoms with Gasteiger partial charge in [0, 0.05) is 32.6 Å². The van der Waals surface area contributed by atoms with Crippen molar-refractivity contribution in [3.63, 3.8) is 0 Å². The number of ketones is 1. The van der Waals surface area contributed by atoms with E-state index in [0.717, 1.165) is 0 Å². The molecule has 0 N–H and O–H groups in total. The van der Waals surface area contributed by atoms with Crippen molar-refractivity contribution in [3.05, 3.63) is 11.6 Å². The first-order valence-corrected chi connectivity index (χ1v) is 14.6. The number of epoxide rings is 1. The van der Waals surface area contributed by atoms with Crippen LogP contribution < -0.4 is 0 Å². The molecule has 1 aliphatic heterocycles. The SMILES string of the molecule is CCC(C)C(=O)OC1C(C)C(=O)C23CC(C)C(OC(C)=O)C2(C=C(C)C(OC(C)=O)C(OC(C)=O)C2C1C2(C)C)O3. The van der Waals surface area contributed by atoms with Crippen molar-refractivity contribution in [3.8, 4) is 0 Å². The smallest absolute Gasteiger partial charge is 0.308 e. The molecule has 3 fully saturated rings. The van der Waals surface area contributed by atoms with Crippen LogP contribution in [0.5, 0.6) is 0 Å². The van der Waals surface area contributed by atoms with Crippen LogP contribution in [0, 0.1) is 35.0 Å². The Morgan fingerprint density at radius 1 is 0.951 bits per heavy atom. The Labute approximate surface area is 241 Å². The first-order chi connectivity index (χ1) is 18.9. The highest BCUT2D eigenvalue weighted by atomic mass is 16.7. The molecule has 0 amide bonds. The van der Waals surface area contributed by atoms with E-state index in [1.54, 1.807) is 26.8 Å². The largest absolute Gasteiger partial charge is 0.461 e. The predicted molar refractivity (Wildman–Crippen MR) is 145 cm³/mol. The van der Waals surface area contributed by atoms with Crippen molar-refractivity contribution in [1.82, 2.24) is 0 Å². The first kappa shape index (κ1) is 31.2. The number of hydrogen-bond acceptors (Lipinski definition) is 10. The summed E-state index contributed by atoms with van der Waals surface area (Å²) in [5.41, 5.74) is -2.64. The van der Waals surface area contributed by atoms with Crippen molar-refractivity contribution in [2.75, 3.05) is 0 Å². The van der Waals surface area contributed by atoms with Crippen LogP contribution in [0.4, 0.5) is 0 Å². The predicted octanol–water partition coefficient (Wildman–Crippen LogP) is 3.72. The highest BCUT2D eigenvalue weighted by Gasteiger charge is 2.84. The zero-order valence-electron chi connectivity index (χ0n) is 25.8. The molecule has 10 heteroatoms. The minimum Gasteiger partial charge on any atom is -0.461 e. The van der Waals surface area contributed by atoms with Crippen LogP contribution in [-0.2, 0) is 47.7 Å². The summed E-state index contributed by atoms with van der Waals surface area (Å²) in [5.74, 6) is -4.46. The molecule has 0 aromatic rings. The third-order valence-corrected chi connectivity index (χ3v) is 9.83. The van der Waals surface area contributed by atoms with Gasteiger partial charge in [-0.15, -0.1) is 0 Å². The van der Waals surface area contributed by atoms with Crippen molar-refractivity contribution in [1.29, 1.82) is 0 Å². The monoisotopic (exact) mass is 576 g/mol. The molecule has 0 aromatic heterocycles. The highest BCUT2D eigenvalue weighted by Crippen LogP contribution is 2.69. The van der Waals surface area contributed by atoms with Crippen molar-refractivity contribution in [2.45, 2.75) is 118 Å². The fraction of sp³-hybridized carbons (Fsp3) is 0.774. The lowest BCUT2D eigenvalue weighted by Crippen LogP contribution is -2.44. The molecule has 228 valence electrons. The summed E-state index contributed by atoms with van der Waals surface area (Å²) in [6.07, 6.45) is -0.973. The summed E-state index contributed by atoms with van der Waals surface area (Å²) < 4.78 is 29.9. The Hall–Kier alpha value is -2.75. The summed E-state index contributed by atoms with van der Waals surface area (Å²) in [7, 11) is 0. The van der Waals surface area contributed by atoms with E-state index in [0.29, 0.717) is 18.4 Å². The number of ether oxygens (including phenoxy) is 5. The van der Waals surface area contributed by atoms with Crippen LogP contribution >= 0.6 is 0 Å². The minimum absolute atomic E-state index is 0.224. The van der Waals surface area contributed by atoms with Gasteiger partial charge >= 0.3 is 23.9 Å². The van der Waals surface area contributed by atoms with Gasteiger partial charge in [-0.05, 0) is 42.7 Å². The van der Waals surface area contributed by atoms with Crippen molar-refractivity contribution >= 4 is 29.7 Å². The molecule has 2 saturated carbocycles. The topological polar surface area (TPSA) is 135 Å². The van der Waals surface area contributed by atoms with E-state index in [2.05, 4.69) is 0 Å². The van der Waals surface area contributed by atoms with E-state index in [9.17, 15) is 24.0 Å². The normalized spacial score (nSPS) is 41.2. The average Bonchev–Trinajstić information content (AvgIpc) is 3.66. The van der Waals surface area contributed by atoms with Gasteiger partial charge in [0.15, 0.2) is 23.1 Å². The first-order valence-electron chi connectivity index (χ1n) is 14.6. The maximum absolute atomic E-state index is 14.5. The Kier molecular flexibility index (Phi) is 7.99. The van der Waals surface area contributed by atoms with Crippen LogP contribution in [0.3, 0.4) is 0 Å². The number of hydrogen-bond donors (Lipinski definition) is 0. The van der Waals surface area contributed by atoms with Crippen LogP contribution in [0.2, 0.25) is 0 Å². The maximum atomic E-state index is 14.5. The van der Waals surface area contributed by atoms with Crippen LogP contribution in [0.25, 0.3) is 0 Å². The molecule has 1 heterocycles. The van der Waals surface area contributed by atoms with Crippen LogP contribution in [-0.4, -0.2) is 65.3 Å². The molecule has 0 bridgehead atoms. The molecule has 11 unspecified atom stereocenters. The molecule has 41 heavy (non-hydrogen) atoms. The molecule has 0 aromatic carbocycles. The number of fused-ring (bicyclic) bond motifs is 1. The van der Waals surface area contributed by atoms with Gasteiger partial charge in [-0.3, -0.25) is 24.0 Å². The molecule has 10 nitrogen and oxygen atoms in total. The van der Waals surface area contributed by atoms with Crippen LogP contribution in [0.1, 0.15) is 82.1 Å². The Morgan fingerprint density at radius 3 is 2.05 bits per heavy atom. The molecule has 3 aliphatic carbocycles. The third kappa shape index (κ3) is 5.00.